The van der Waals surface area contributed by atoms with E-state index in [0.29, 0.717) is 22.0 Å². The molecule has 120 valence electrons. The largest absolute Gasteiger partial charge is 0.273 e. The van der Waals surface area contributed by atoms with E-state index in [9.17, 15) is 14.4 Å². The minimum absolute atomic E-state index is 0.0894. The van der Waals surface area contributed by atoms with Gasteiger partial charge in [0, 0.05) is 23.3 Å². The van der Waals surface area contributed by atoms with Gasteiger partial charge in [-0.05, 0) is 18.2 Å². The zero-order chi connectivity index (χ0) is 16.9. The fourth-order valence-electron chi connectivity index (χ4n) is 2.20. The second-order valence-corrected chi connectivity index (χ2v) is 4.96. The zero-order valence-corrected chi connectivity index (χ0v) is 12.4. The van der Waals surface area contributed by atoms with Gasteiger partial charge in [-0.2, -0.15) is 5.10 Å². The molecule has 0 fully saturated rings. The zero-order valence-electron chi connectivity index (χ0n) is 12.4. The van der Waals surface area contributed by atoms with Crippen molar-refractivity contribution in [3.63, 3.8) is 0 Å². The molecule has 0 radical (unpaired) electrons. The van der Waals surface area contributed by atoms with E-state index in [0.717, 1.165) is 0 Å². The van der Waals surface area contributed by atoms with Gasteiger partial charge in [0.2, 0.25) is 5.91 Å². The van der Waals surface area contributed by atoms with Crippen LogP contribution >= 0.6 is 0 Å². The molecule has 2 amide bonds. The summed E-state index contributed by atoms with van der Waals surface area (Å²) in [7, 11) is 0. The van der Waals surface area contributed by atoms with Crippen LogP contribution in [0.15, 0.2) is 53.6 Å². The van der Waals surface area contributed by atoms with Crippen molar-refractivity contribution in [2.24, 2.45) is 0 Å². The van der Waals surface area contributed by atoms with Crippen molar-refractivity contribution >= 4 is 22.6 Å². The molecule has 3 N–H and O–H groups in total. The smallest absolute Gasteiger partial charge is 0.272 e. The number of hydrogen-bond donors (Lipinski definition) is 3. The Balaban J connectivity index is 1.69. The molecule has 1 aromatic carbocycles. The number of nitrogens with zero attached hydrogens (tertiary/aromatic N) is 2. The lowest BCUT2D eigenvalue weighted by molar-refractivity contribution is -0.121. The van der Waals surface area contributed by atoms with E-state index in [1.807, 2.05) is 0 Å². The summed E-state index contributed by atoms with van der Waals surface area (Å²) >= 11 is 0. The van der Waals surface area contributed by atoms with Crippen LogP contribution in [-0.2, 0) is 11.2 Å². The number of rotatable bonds is 3. The molecule has 3 aromatic rings. The number of carbonyl (C=O) groups excluding carboxylic acids is 2. The summed E-state index contributed by atoms with van der Waals surface area (Å²) in [5.74, 6) is -0.910. The predicted molar refractivity (Wildman–Crippen MR) is 85.9 cm³/mol. The lowest BCUT2D eigenvalue weighted by Gasteiger charge is -2.08. The average Bonchev–Trinajstić information content (AvgIpc) is 2.63. The molecule has 0 aliphatic heterocycles. The number of carbonyl (C=O) groups is 2. The van der Waals surface area contributed by atoms with E-state index in [1.165, 1.54) is 24.5 Å². The Morgan fingerprint density at radius 3 is 2.46 bits per heavy atom. The minimum Gasteiger partial charge on any atom is -0.273 e. The van der Waals surface area contributed by atoms with Crippen LogP contribution in [0.4, 0.5) is 0 Å². The molecule has 2 heterocycles. The van der Waals surface area contributed by atoms with Gasteiger partial charge in [-0.25, -0.2) is 5.10 Å². The summed E-state index contributed by atoms with van der Waals surface area (Å²) < 4.78 is 0. The van der Waals surface area contributed by atoms with Gasteiger partial charge in [0.05, 0.1) is 17.5 Å². The molecule has 2 aromatic heterocycles. The molecule has 0 spiro atoms. The van der Waals surface area contributed by atoms with E-state index >= 15 is 0 Å². The number of H-pyrrole nitrogens is 1. The van der Waals surface area contributed by atoms with Crippen LogP contribution in [-0.4, -0.2) is 27.0 Å². The Kier molecular flexibility index (Phi) is 4.28. The highest BCUT2D eigenvalue weighted by atomic mass is 16.2. The summed E-state index contributed by atoms with van der Waals surface area (Å²) in [5.41, 5.74) is 5.10. The number of amides is 2. The fourth-order valence-corrected chi connectivity index (χ4v) is 2.20. The van der Waals surface area contributed by atoms with Gasteiger partial charge in [0.1, 0.15) is 0 Å². The number of hydrazine groups is 1. The molecule has 0 unspecified atom stereocenters. The first-order valence-corrected chi connectivity index (χ1v) is 7.10. The van der Waals surface area contributed by atoms with Gasteiger partial charge in [-0.1, -0.05) is 18.2 Å². The summed E-state index contributed by atoms with van der Waals surface area (Å²) in [6.07, 6.45) is 2.87. The molecule has 8 nitrogen and oxygen atoms in total. The monoisotopic (exact) mass is 323 g/mol. The molecule has 24 heavy (non-hydrogen) atoms. The predicted octanol–water partition coefficient (Wildman–Crippen LogP) is 0.322. The highest BCUT2D eigenvalue weighted by Crippen LogP contribution is 2.12. The summed E-state index contributed by atoms with van der Waals surface area (Å²) in [5, 5.41) is 7.32. The second kappa shape index (κ2) is 6.69. The van der Waals surface area contributed by atoms with Crippen molar-refractivity contribution in [1.29, 1.82) is 0 Å². The quantitative estimate of drug-likeness (QED) is 0.600. The Morgan fingerprint density at radius 1 is 1.00 bits per heavy atom. The highest BCUT2D eigenvalue weighted by molar-refractivity contribution is 5.95. The van der Waals surface area contributed by atoms with Crippen molar-refractivity contribution in [3.8, 4) is 0 Å². The van der Waals surface area contributed by atoms with E-state index in [4.69, 9.17) is 0 Å². The van der Waals surface area contributed by atoms with Gasteiger partial charge in [0.15, 0.2) is 0 Å². The minimum atomic E-state index is -0.456. The summed E-state index contributed by atoms with van der Waals surface area (Å²) in [4.78, 5) is 39.4. The number of hydrogen-bond acceptors (Lipinski definition) is 5. The standard InChI is InChI=1S/C16H13N5O3/c22-14(19-20-15(23)10-5-7-17-8-6-10)9-13-11-3-1-2-4-12(11)16(24)21-18-13/h1-8H,9H2,(H,19,22)(H,20,23)(H,21,24). The first-order valence-electron chi connectivity index (χ1n) is 7.10. The number of nitrogens with one attached hydrogen (secondary N) is 3. The number of pyridine rings is 1. The first kappa shape index (κ1) is 15.3. The Labute approximate surface area is 135 Å². The third-order valence-electron chi connectivity index (χ3n) is 3.36. The number of benzene rings is 1. The molecule has 0 aliphatic rings. The van der Waals surface area contributed by atoms with Crippen LogP contribution in [0.5, 0.6) is 0 Å². The molecule has 0 bridgehead atoms. The number of aromatic nitrogens is 3. The van der Waals surface area contributed by atoms with Gasteiger partial charge < -0.3 is 0 Å². The molecular formula is C16H13N5O3. The van der Waals surface area contributed by atoms with Gasteiger partial charge in [0.25, 0.3) is 11.5 Å². The SMILES string of the molecule is O=C(Cc1n[nH]c(=O)c2ccccc12)NNC(=O)c1ccncc1. The third kappa shape index (κ3) is 3.27. The maximum Gasteiger partial charge on any atom is 0.272 e. The first-order chi connectivity index (χ1) is 11.6. The maximum atomic E-state index is 12.0. The summed E-state index contributed by atoms with van der Waals surface area (Å²) in [6, 6.07) is 9.92. The van der Waals surface area contributed by atoms with Crippen LogP contribution < -0.4 is 16.4 Å². The topological polar surface area (TPSA) is 117 Å². The van der Waals surface area contributed by atoms with Crippen LogP contribution in [0, 0.1) is 0 Å². The van der Waals surface area contributed by atoms with Crippen molar-refractivity contribution in [3.05, 3.63) is 70.4 Å². The molecule has 0 aliphatic carbocycles. The third-order valence-corrected chi connectivity index (χ3v) is 3.36. The average molecular weight is 323 g/mol. The van der Waals surface area contributed by atoms with Crippen LogP contribution in [0.2, 0.25) is 0 Å². The lowest BCUT2D eigenvalue weighted by Crippen LogP contribution is -2.42. The van der Waals surface area contributed by atoms with E-state index in [1.54, 1.807) is 24.3 Å². The molecule has 0 atom stereocenters. The van der Waals surface area contributed by atoms with Crippen LogP contribution in [0.3, 0.4) is 0 Å². The molecule has 0 saturated carbocycles. The molecular weight excluding hydrogens is 310 g/mol. The molecule has 8 heteroatoms. The summed E-state index contributed by atoms with van der Waals surface area (Å²) in [6.45, 7) is 0. The van der Waals surface area contributed by atoms with E-state index < -0.39 is 11.8 Å². The molecule has 0 saturated heterocycles. The van der Waals surface area contributed by atoms with Crippen LogP contribution in [0.1, 0.15) is 16.1 Å². The van der Waals surface area contributed by atoms with Crippen molar-refractivity contribution in [1.82, 2.24) is 26.0 Å². The van der Waals surface area contributed by atoms with E-state index in [-0.39, 0.29) is 12.0 Å². The Bertz CT molecular complexity index is 953. The number of fused-ring (bicyclic) bond motifs is 1. The van der Waals surface area contributed by atoms with Gasteiger partial charge >= 0.3 is 0 Å². The van der Waals surface area contributed by atoms with Gasteiger partial charge in [-0.15, -0.1) is 0 Å². The van der Waals surface area contributed by atoms with E-state index in [2.05, 4.69) is 26.0 Å². The molecule has 3 rings (SSSR count). The Hall–Kier alpha value is -3.55. The normalized spacial score (nSPS) is 10.3. The van der Waals surface area contributed by atoms with Crippen molar-refractivity contribution in [2.45, 2.75) is 6.42 Å². The Morgan fingerprint density at radius 2 is 1.71 bits per heavy atom. The maximum absolute atomic E-state index is 12.0. The fraction of sp³-hybridized carbons (Fsp3) is 0.0625. The van der Waals surface area contributed by atoms with Gasteiger partial charge in [-0.3, -0.25) is 30.2 Å². The van der Waals surface area contributed by atoms with Crippen molar-refractivity contribution in [2.75, 3.05) is 0 Å². The van der Waals surface area contributed by atoms with Crippen molar-refractivity contribution < 1.29 is 9.59 Å². The number of aromatic amines is 1. The lowest BCUT2D eigenvalue weighted by atomic mass is 10.1. The second-order valence-electron chi connectivity index (χ2n) is 4.96. The highest BCUT2D eigenvalue weighted by Gasteiger charge is 2.12. The van der Waals surface area contributed by atoms with Crippen LogP contribution in [0.25, 0.3) is 10.8 Å².